The molecule has 0 spiro atoms. The average molecular weight is 237 g/mol. The molecule has 1 heterocycles. The van der Waals surface area contributed by atoms with Crippen molar-refractivity contribution in [1.29, 1.82) is 0 Å². The van der Waals surface area contributed by atoms with Gasteiger partial charge in [-0.2, -0.15) is 13.2 Å². The highest BCUT2D eigenvalue weighted by molar-refractivity contribution is 6.03. The molecule has 7 heteroatoms. The molecular weight excluding hydrogens is 233 g/mol. The predicted octanol–water partition coefficient (Wildman–Crippen LogP) is 2.56. The van der Waals surface area contributed by atoms with Gasteiger partial charge in [0.05, 0.1) is 0 Å². The largest absolute Gasteiger partial charge is 0.404 e. The van der Waals surface area contributed by atoms with Gasteiger partial charge in [-0.15, -0.1) is 0 Å². The first-order chi connectivity index (χ1) is 7.30. The summed E-state index contributed by atoms with van der Waals surface area (Å²) in [5, 5.41) is 1.86. The maximum absolute atomic E-state index is 12.8. The predicted molar refractivity (Wildman–Crippen MR) is 43.8 cm³/mol. The second kappa shape index (κ2) is 3.16. The Kier molecular flexibility index (Phi) is 2.14. The van der Waals surface area contributed by atoms with E-state index in [1.807, 2.05) is 5.32 Å². The van der Waals surface area contributed by atoms with Gasteiger partial charge in [0.2, 0.25) is 5.91 Å². The van der Waals surface area contributed by atoms with Crippen LogP contribution in [0, 0.1) is 11.6 Å². The van der Waals surface area contributed by atoms with E-state index in [0.717, 1.165) is 0 Å². The maximum atomic E-state index is 12.8. The molecule has 1 aromatic rings. The summed E-state index contributed by atoms with van der Waals surface area (Å²) < 4.78 is 62.8. The second-order valence-electron chi connectivity index (χ2n) is 3.32. The number of anilines is 1. The molecule has 1 unspecified atom stereocenters. The number of amides is 1. The third-order valence-electron chi connectivity index (χ3n) is 2.25. The standard InChI is InChI=1S/C9H4F5NO/c10-4-1-3-6(2-5(4)11)15-8(16)7(3)9(12,13)14/h1-2,7H,(H,15,16). The quantitative estimate of drug-likeness (QED) is 0.690. The van der Waals surface area contributed by atoms with Crippen LogP contribution in [0.2, 0.25) is 0 Å². The van der Waals surface area contributed by atoms with Crippen LogP contribution in [0.1, 0.15) is 11.5 Å². The summed E-state index contributed by atoms with van der Waals surface area (Å²) in [7, 11) is 0. The fourth-order valence-corrected chi connectivity index (χ4v) is 1.58. The number of carbonyl (C=O) groups excluding carboxylic acids is 1. The van der Waals surface area contributed by atoms with Gasteiger partial charge in [-0.05, 0) is 6.07 Å². The molecule has 0 radical (unpaired) electrons. The fraction of sp³-hybridized carbons (Fsp3) is 0.222. The van der Waals surface area contributed by atoms with Gasteiger partial charge < -0.3 is 5.32 Å². The van der Waals surface area contributed by atoms with E-state index in [-0.39, 0.29) is 5.69 Å². The minimum Gasteiger partial charge on any atom is -0.325 e. The lowest BCUT2D eigenvalue weighted by molar-refractivity contribution is -0.160. The van der Waals surface area contributed by atoms with Crippen LogP contribution in [0.5, 0.6) is 0 Å². The first-order valence-corrected chi connectivity index (χ1v) is 4.17. The number of halogens is 5. The van der Waals surface area contributed by atoms with Gasteiger partial charge in [0, 0.05) is 17.3 Å². The Morgan fingerprint density at radius 3 is 2.25 bits per heavy atom. The maximum Gasteiger partial charge on any atom is 0.404 e. The number of hydrogen-bond acceptors (Lipinski definition) is 1. The molecule has 0 aliphatic carbocycles. The number of hydrogen-bond donors (Lipinski definition) is 1. The molecule has 0 bridgehead atoms. The zero-order valence-corrected chi connectivity index (χ0v) is 7.53. The number of alkyl halides is 3. The topological polar surface area (TPSA) is 29.1 Å². The molecule has 1 aliphatic heterocycles. The Balaban J connectivity index is 2.57. The summed E-state index contributed by atoms with van der Waals surface area (Å²) in [6.45, 7) is 0. The summed E-state index contributed by atoms with van der Waals surface area (Å²) in [5.41, 5.74) is -0.928. The van der Waals surface area contributed by atoms with E-state index in [0.29, 0.717) is 12.1 Å². The smallest absolute Gasteiger partial charge is 0.325 e. The van der Waals surface area contributed by atoms with E-state index >= 15 is 0 Å². The number of carbonyl (C=O) groups is 1. The molecule has 1 amide bonds. The molecule has 86 valence electrons. The third-order valence-corrected chi connectivity index (χ3v) is 2.25. The van der Waals surface area contributed by atoms with Crippen molar-refractivity contribution < 1.29 is 26.7 Å². The molecule has 0 saturated heterocycles. The lowest BCUT2D eigenvalue weighted by Crippen LogP contribution is -2.27. The SMILES string of the molecule is O=C1Nc2cc(F)c(F)cc2C1C(F)(F)F. The molecule has 1 aliphatic rings. The molecular formula is C9H4F5NO. The molecule has 2 rings (SSSR count). The first-order valence-electron chi connectivity index (χ1n) is 4.17. The number of nitrogens with one attached hydrogen (secondary N) is 1. The van der Waals surface area contributed by atoms with Crippen LogP contribution in [0.25, 0.3) is 0 Å². The highest BCUT2D eigenvalue weighted by Gasteiger charge is 2.50. The van der Waals surface area contributed by atoms with Crippen LogP contribution in [-0.2, 0) is 4.79 Å². The zero-order chi connectivity index (χ0) is 12.1. The van der Waals surface area contributed by atoms with E-state index in [9.17, 15) is 26.7 Å². The zero-order valence-electron chi connectivity index (χ0n) is 7.53. The molecule has 0 fully saturated rings. The monoisotopic (exact) mass is 237 g/mol. The van der Waals surface area contributed by atoms with Crippen LogP contribution < -0.4 is 5.32 Å². The second-order valence-corrected chi connectivity index (χ2v) is 3.32. The highest BCUT2D eigenvalue weighted by atomic mass is 19.4. The Morgan fingerprint density at radius 1 is 1.12 bits per heavy atom. The number of fused-ring (bicyclic) bond motifs is 1. The minimum atomic E-state index is -4.82. The van der Waals surface area contributed by atoms with Crippen LogP contribution in [0.4, 0.5) is 27.6 Å². The van der Waals surface area contributed by atoms with Crippen molar-refractivity contribution in [2.75, 3.05) is 5.32 Å². The average Bonchev–Trinajstić information content (AvgIpc) is 2.40. The lowest BCUT2D eigenvalue weighted by Gasteiger charge is -2.12. The Bertz CT molecular complexity index is 468. The van der Waals surface area contributed by atoms with Gasteiger partial charge in [-0.1, -0.05) is 0 Å². The van der Waals surface area contributed by atoms with E-state index in [1.165, 1.54) is 0 Å². The molecule has 1 N–H and O–H groups in total. The van der Waals surface area contributed by atoms with Gasteiger partial charge in [0.1, 0.15) is 0 Å². The van der Waals surface area contributed by atoms with Gasteiger partial charge in [-0.3, -0.25) is 4.79 Å². The van der Waals surface area contributed by atoms with Crippen molar-refractivity contribution in [2.45, 2.75) is 12.1 Å². The number of rotatable bonds is 0. The van der Waals surface area contributed by atoms with E-state index < -0.39 is 35.2 Å². The Hall–Kier alpha value is -1.66. The van der Waals surface area contributed by atoms with Crippen LogP contribution in [0.3, 0.4) is 0 Å². The van der Waals surface area contributed by atoms with Gasteiger partial charge >= 0.3 is 6.18 Å². The molecule has 1 atom stereocenters. The Morgan fingerprint density at radius 2 is 1.69 bits per heavy atom. The third kappa shape index (κ3) is 1.52. The van der Waals surface area contributed by atoms with Crippen molar-refractivity contribution >= 4 is 11.6 Å². The van der Waals surface area contributed by atoms with Crippen LogP contribution >= 0.6 is 0 Å². The van der Waals surface area contributed by atoms with Crippen LogP contribution in [0.15, 0.2) is 12.1 Å². The van der Waals surface area contributed by atoms with Gasteiger partial charge in [0.15, 0.2) is 17.6 Å². The van der Waals surface area contributed by atoms with Crippen molar-refractivity contribution in [2.24, 2.45) is 0 Å². The van der Waals surface area contributed by atoms with Crippen molar-refractivity contribution in [3.63, 3.8) is 0 Å². The molecule has 0 aromatic heterocycles. The molecule has 1 aromatic carbocycles. The van der Waals surface area contributed by atoms with E-state index in [2.05, 4.69) is 0 Å². The van der Waals surface area contributed by atoms with Crippen molar-refractivity contribution in [1.82, 2.24) is 0 Å². The van der Waals surface area contributed by atoms with Gasteiger partial charge in [0.25, 0.3) is 0 Å². The molecule has 2 nitrogen and oxygen atoms in total. The number of benzene rings is 1. The summed E-state index contributed by atoms with van der Waals surface area (Å²) in [6.07, 6.45) is -4.82. The summed E-state index contributed by atoms with van der Waals surface area (Å²) in [6, 6.07) is 0.926. The van der Waals surface area contributed by atoms with E-state index in [1.54, 1.807) is 0 Å². The van der Waals surface area contributed by atoms with E-state index in [4.69, 9.17) is 0 Å². The summed E-state index contributed by atoms with van der Waals surface area (Å²) in [4.78, 5) is 11.0. The lowest BCUT2D eigenvalue weighted by atomic mass is 10.00. The highest BCUT2D eigenvalue weighted by Crippen LogP contribution is 2.43. The minimum absolute atomic E-state index is 0.341. The van der Waals surface area contributed by atoms with Crippen molar-refractivity contribution in [3.05, 3.63) is 29.3 Å². The van der Waals surface area contributed by atoms with Crippen LogP contribution in [-0.4, -0.2) is 12.1 Å². The normalized spacial score (nSPS) is 19.6. The molecule has 0 saturated carbocycles. The summed E-state index contributed by atoms with van der Waals surface area (Å²) in [5.74, 6) is -6.48. The van der Waals surface area contributed by atoms with Crippen molar-refractivity contribution in [3.8, 4) is 0 Å². The fourth-order valence-electron chi connectivity index (χ4n) is 1.58. The first kappa shape index (κ1) is 10.8. The molecule has 16 heavy (non-hydrogen) atoms. The Labute approximate surface area is 86.1 Å². The summed E-state index contributed by atoms with van der Waals surface area (Å²) >= 11 is 0. The van der Waals surface area contributed by atoms with Gasteiger partial charge in [-0.25, -0.2) is 8.78 Å².